The molecule has 6 heteroatoms. The molecule has 1 aromatic heterocycles. The van der Waals surface area contributed by atoms with Crippen molar-refractivity contribution in [3.05, 3.63) is 71.7 Å². The van der Waals surface area contributed by atoms with Crippen molar-refractivity contribution in [3.8, 4) is 11.3 Å². The van der Waals surface area contributed by atoms with Gasteiger partial charge in [0, 0.05) is 43.7 Å². The van der Waals surface area contributed by atoms with Crippen molar-refractivity contribution in [2.24, 2.45) is 0 Å². The molecule has 2 heterocycles. The lowest BCUT2D eigenvalue weighted by molar-refractivity contribution is -0.116. The Kier molecular flexibility index (Phi) is 6.57. The summed E-state index contributed by atoms with van der Waals surface area (Å²) in [6.07, 6.45) is 2.50. The van der Waals surface area contributed by atoms with Gasteiger partial charge in [-0.3, -0.25) is 9.69 Å². The molecule has 0 spiro atoms. The van der Waals surface area contributed by atoms with Gasteiger partial charge in [0.25, 0.3) is 0 Å². The molecule has 0 radical (unpaired) electrons. The van der Waals surface area contributed by atoms with Gasteiger partial charge in [-0.05, 0) is 24.6 Å². The van der Waals surface area contributed by atoms with Crippen LogP contribution in [-0.2, 0) is 22.5 Å². The van der Waals surface area contributed by atoms with E-state index >= 15 is 0 Å². The summed E-state index contributed by atoms with van der Waals surface area (Å²) in [5.74, 6) is 1.24. The normalized spacial score (nSPS) is 14.6. The minimum atomic E-state index is -0.0500. The largest absolute Gasteiger partial charge is 0.441 e. The highest BCUT2D eigenvalue weighted by molar-refractivity contribution is 5.90. The molecule has 1 N–H and O–H groups in total. The Morgan fingerprint density at radius 1 is 1.07 bits per heavy atom. The van der Waals surface area contributed by atoms with E-state index in [0.717, 1.165) is 49.9 Å². The first-order valence-electron chi connectivity index (χ1n) is 10.4. The zero-order chi connectivity index (χ0) is 20.8. The molecule has 1 fully saturated rings. The maximum Gasteiger partial charge on any atom is 0.224 e. The second-order valence-electron chi connectivity index (χ2n) is 7.62. The molecule has 0 aliphatic carbocycles. The summed E-state index contributed by atoms with van der Waals surface area (Å²) >= 11 is 0. The number of nitrogens with zero attached hydrogens (tertiary/aromatic N) is 2. The summed E-state index contributed by atoms with van der Waals surface area (Å²) in [7, 11) is 0. The molecule has 0 atom stereocenters. The number of nitrogens with one attached hydrogen (secondary N) is 1. The van der Waals surface area contributed by atoms with Gasteiger partial charge in [-0.25, -0.2) is 4.98 Å². The lowest BCUT2D eigenvalue weighted by Gasteiger charge is -2.26. The molecule has 2 aromatic carbocycles. The van der Waals surface area contributed by atoms with Crippen LogP contribution in [0.5, 0.6) is 0 Å². The Labute approximate surface area is 176 Å². The zero-order valence-electron chi connectivity index (χ0n) is 17.3. The number of aryl methyl sites for hydroxylation is 2. The molecular weight excluding hydrogens is 378 g/mol. The van der Waals surface area contributed by atoms with Crippen LogP contribution in [0.4, 0.5) is 5.69 Å². The number of hydrogen-bond donors (Lipinski definition) is 1. The summed E-state index contributed by atoms with van der Waals surface area (Å²) in [6.45, 7) is 6.48. The number of ether oxygens (including phenoxy) is 1. The number of aromatic nitrogens is 1. The fourth-order valence-corrected chi connectivity index (χ4v) is 3.43. The zero-order valence-corrected chi connectivity index (χ0v) is 17.3. The molecule has 1 aliphatic heterocycles. The third-order valence-electron chi connectivity index (χ3n) is 5.20. The molecule has 0 bridgehead atoms. The molecule has 3 aromatic rings. The van der Waals surface area contributed by atoms with Crippen LogP contribution < -0.4 is 5.32 Å². The fraction of sp³-hybridized carbons (Fsp3) is 0.333. The Balaban J connectivity index is 1.25. The van der Waals surface area contributed by atoms with E-state index in [1.54, 1.807) is 6.20 Å². The van der Waals surface area contributed by atoms with E-state index in [1.807, 2.05) is 43.3 Å². The highest BCUT2D eigenvalue weighted by atomic mass is 16.5. The summed E-state index contributed by atoms with van der Waals surface area (Å²) in [4.78, 5) is 19.0. The van der Waals surface area contributed by atoms with Crippen LogP contribution in [0.1, 0.15) is 23.4 Å². The van der Waals surface area contributed by atoms with Gasteiger partial charge in [-0.1, -0.05) is 42.0 Å². The van der Waals surface area contributed by atoms with Crippen LogP contribution in [0.15, 0.2) is 59.1 Å². The van der Waals surface area contributed by atoms with E-state index in [1.165, 1.54) is 11.1 Å². The van der Waals surface area contributed by atoms with Crippen LogP contribution in [0.3, 0.4) is 0 Å². The van der Waals surface area contributed by atoms with E-state index in [0.29, 0.717) is 18.7 Å². The SMILES string of the molecule is Cc1ccc(-c2cnc(CCC(=O)Nc3ccc(CN4CCOCC4)cc3)o2)cc1. The first kappa shape index (κ1) is 20.3. The Morgan fingerprint density at radius 3 is 2.53 bits per heavy atom. The third-order valence-corrected chi connectivity index (χ3v) is 5.20. The summed E-state index contributed by atoms with van der Waals surface area (Å²) in [5.41, 5.74) is 4.22. The van der Waals surface area contributed by atoms with E-state index in [9.17, 15) is 4.79 Å². The summed E-state index contributed by atoms with van der Waals surface area (Å²) < 4.78 is 11.2. The predicted molar refractivity (Wildman–Crippen MR) is 116 cm³/mol. The lowest BCUT2D eigenvalue weighted by atomic mass is 10.1. The van der Waals surface area contributed by atoms with Crippen LogP contribution in [-0.4, -0.2) is 42.1 Å². The minimum absolute atomic E-state index is 0.0500. The van der Waals surface area contributed by atoms with Crippen LogP contribution >= 0.6 is 0 Å². The van der Waals surface area contributed by atoms with Crippen LogP contribution in [0.25, 0.3) is 11.3 Å². The number of rotatable bonds is 7. The minimum Gasteiger partial charge on any atom is -0.441 e. The molecule has 1 amide bonds. The van der Waals surface area contributed by atoms with Gasteiger partial charge < -0.3 is 14.5 Å². The fourth-order valence-electron chi connectivity index (χ4n) is 3.43. The number of oxazole rings is 1. The van der Waals surface area contributed by atoms with Crippen molar-refractivity contribution in [1.82, 2.24) is 9.88 Å². The van der Waals surface area contributed by atoms with Gasteiger partial charge in [-0.2, -0.15) is 0 Å². The molecule has 0 saturated carbocycles. The van der Waals surface area contributed by atoms with Gasteiger partial charge >= 0.3 is 0 Å². The summed E-state index contributed by atoms with van der Waals surface area (Å²) in [6, 6.07) is 16.1. The van der Waals surface area contributed by atoms with Crippen molar-refractivity contribution in [2.45, 2.75) is 26.3 Å². The third kappa shape index (κ3) is 5.55. The predicted octanol–water partition coefficient (Wildman–Crippen LogP) is 4.05. The van der Waals surface area contributed by atoms with Gasteiger partial charge in [-0.15, -0.1) is 0 Å². The second kappa shape index (κ2) is 9.69. The number of anilines is 1. The van der Waals surface area contributed by atoms with Crippen molar-refractivity contribution < 1.29 is 13.9 Å². The van der Waals surface area contributed by atoms with E-state index in [2.05, 4.69) is 27.3 Å². The van der Waals surface area contributed by atoms with Crippen molar-refractivity contribution in [2.75, 3.05) is 31.6 Å². The topological polar surface area (TPSA) is 67.6 Å². The highest BCUT2D eigenvalue weighted by Crippen LogP contribution is 2.21. The number of hydrogen-bond acceptors (Lipinski definition) is 5. The summed E-state index contributed by atoms with van der Waals surface area (Å²) in [5, 5.41) is 2.95. The number of benzene rings is 2. The Bertz CT molecular complexity index is 958. The Morgan fingerprint density at radius 2 is 1.80 bits per heavy atom. The maximum absolute atomic E-state index is 12.3. The van der Waals surface area contributed by atoms with E-state index < -0.39 is 0 Å². The number of morpholine rings is 1. The molecule has 6 nitrogen and oxygen atoms in total. The van der Waals surface area contributed by atoms with E-state index in [-0.39, 0.29) is 5.91 Å². The first-order valence-corrected chi connectivity index (χ1v) is 10.4. The van der Waals surface area contributed by atoms with Gasteiger partial charge in [0.1, 0.15) is 0 Å². The average molecular weight is 405 g/mol. The van der Waals surface area contributed by atoms with Gasteiger partial charge in [0.2, 0.25) is 5.91 Å². The molecule has 30 heavy (non-hydrogen) atoms. The molecule has 4 rings (SSSR count). The van der Waals surface area contributed by atoms with Crippen molar-refractivity contribution >= 4 is 11.6 Å². The van der Waals surface area contributed by atoms with Gasteiger partial charge in [0.15, 0.2) is 11.7 Å². The van der Waals surface area contributed by atoms with Crippen LogP contribution in [0, 0.1) is 6.92 Å². The molecule has 1 aliphatic rings. The van der Waals surface area contributed by atoms with Gasteiger partial charge in [0.05, 0.1) is 19.4 Å². The first-order chi connectivity index (χ1) is 14.7. The van der Waals surface area contributed by atoms with Crippen molar-refractivity contribution in [1.29, 1.82) is 0 Å². The molecular formula is C24H27N3O3. The van der Waals surface area contributed by atoms with E-state index in [4.69, 9.17) is 9.15 Å². The van der Waals surface area contributed by atoms with Crippen LogP contribution in [0.2, 0.25) is 0 Å². The monoisotopic (exact) mass is 405 g/mol. The number of amides is 1. The smallest absolute Gasteiger partial charge is 0.224 e. The molecule has 156 valence electrons. The quantitative estimate of drug-likeness (QED) is 0.642. The second-order valence-corrected chi connectivity index (χ2v) is 7.62. The highest BCUT2D eigenvalue weighted by Gasteiger charge is 2.12. The average Bonchev–Trinajstić information content (AvgIpc) is 3.24. The standard InChI is InChI=1S/C24H27N3O3/c1-18-2-6-20(7-3-18)22-16-25-24(30-22)11-10-23(28)26-21-8-4-19(5-9-21)17-27-12-14-29-15-13-27/h2-9,16H,10-15,17H2,1H3,(H,26,28). The molecule has 0 unspecified atom stereocenters. The number of carbonyl (C=O) groups is 1. The maximum atomic E-state index is 12.3. The Hall–Kier alpha value is -2.96. The lowest BCUT2D eigenvalue weighted by Crippen LogP contribution is -2.35. The number of carbonyl (C=O) groups excluding carboxylic acids is 1. The van der Waals surface area contributed by atoms with Crippen molar-refractivity contribution in [3.63, 3.8) is 0 Å². The molecule has 1 saturated heterocycles.